The molecule has 0 aromatic heterocycles. The molecule has 0 bridgehead atoms. The van der Waals surface area contributed by atoms with Gasteiger partial charge < -0.3 is 25.3 Å². The summed E-state index contributed by atoms with van der Waals surface area (Å²) in [5.41, 5.74) is 7.39. The van der Waals surface area contributed by atoms with Gasteiger partial charge >= 0.3 is 0 Å². The molecule has 1 aromatic rings. The summed E-state index contributed by atoms with van der Waals surface area (Å²) in [5.74, 6) is 0.818. The molecule has 0 saturated carbocycles. The number of nitrogens with two attached hydrogens (primary N) is 1. The monoisotopic (exact) mass is 266 g/mol. The van der Waals surface area contributed by atoms with Crippen molar-refractivity contribution in [2.75, 3.05) is 37.4 Å². The molecular weight excluding hydrogens is 244 g/mol. The first kappa shape index (κ1) is 14.0. The largest absolute Gasteiger partial charge is 0.489 e. The number of fused-ring (bicyclic) bond motifs is 1. The Bertz CT molecular complexity index is 410. The number of ether oxygens (including phenoxy) is 3. The molecule has 0 saturated heterocycles. The third-order valence-corrected chi connectivity index (χ3v) is 2.84. The molecule has 0 spiro atoms. The summed E-state index contributed by atoms with van der Waals surface area (Å²) in [6, 6.07) is 5.58. The van der Waals surface area contributed by atoms with E-state index < -0.39 is 0 Å². The maximum atomic E-state index is 5.75. The van der Waals surface area contributed by atoms with Crippen molar-refractivity contribution < 1.29 is 14.2 Å². The fraction of sp³-hybridized carbons (Fsp3) is 0.571. The Hall–Kier alpha value is -1.46. The number of hydrogen-bond acceptors (Lipinski definition) is 5. The van der Waals surface area contributed by atoms with Crippen LogP contribution in [0.3, 0.4) is 0 Å². The summed E-state index contributed by atoms with van der Waals surface area (Å²) in [6.07, 6.45) is 0.253. The summed E-state index contributed by atoms with van der Waals surface area (Å²) in [6.45, 7) is 6.44. The molecule has 5 heteroatoms. The Labute approximate surface area is 114 Å². The van der Waals surface area contributed by atoms with Gasteiger partial charge in [0.1, 0.15) is 18.5 Å². The van der Waals surface area contributed by atoms with Crippen molar-refractivity contribution in [2.45, 2.75) is 26.1 Å². The van der Waals surface area contributed by atoms with E-state index in [1.807, 2.05) is 32.0 Å². The quantitative estimate of drug-likeness (QED) is 0.629. The van der Waals surface area contributed by atoms with Gasteiger partial charge in [-0.1, -0.05) is 0 Å². The SMILES string of the molecule is CC(C)OCCOC1CNc2cc(N)ccc2OC1. The van der Waals surface area contributed by atoms with Crippen LogP contribution in [0.4, 0.5) is 11.4 Å². The standard InChI is InChI=1S/C14H22N2O3/c1-10(2)17-5-6-18-12-8-16-13-7-11(15)3-4-14(13)19-9-12/h3-4,7,10,12,16H,5-6,8-9,15H2,1-2H3. The molecule has 19 heavy (non-hydrogen) atoms. The van der Waals surface area contributed by atoms with Gasteiger partial charge in [-0.05, 0) is 32.0 Å². The van der Waals surface area contributed by atoms with E-state index >= 15 is 0 Å². The molecule has 1 aliphatic heterocycles. The molecule has 2 rings (SSSR count). The molecule has 1 aliphatic rings. The number of hydrogen-bond donors (Lipinski definition) is 2. The summed E-state index contributed by atoms with van der Waals surface area (Å²) < 4.78 is 16.9. The van der Waals surface area contributed by atoms with Gasteiger partial charge in [0.05, 0.1) is 25.0 Å². The van der Waals surface area contributed by atoms with Crippen molar-refractivity contribution >= 4 is 11.4 Å². The summed E-state index contributed by atoms with van der Waals surface area (Å²) >= 11 is 0. The second kappa shape index (κ2) is 6.63. The first-order valence-corrected chi connectivity index (χ1v) is 6.64. The average molecular weight is 266 g/mol. The van der Waals surface area contributed by atoms with Crippen molar-refractivity contribution in [3.05, 3.63) is 18.2 Å². The summed E-state index contributed by atoms with van der Waals surface area (Å²) in [4.78, 5) is 0. The highest BCUT2D eigenvalue weighted by Crippen LogP contribution is 2.28. The summed E-state index contributed by atoms with van der Waals surface area (Å²) in [7, 11) is 0. The Kier molecular flexibility index (Phi) is 4.87. The maximum absolute atomic E-state index is 5.75. The maximum Gasteiger partial charge on any atom is 0.142 e. The number of rotatable bonds is 5. The minimum atomic E-state index is 0.0180. The highest BCUT2D eigenvalue weighted by atomic mass is 16.6. The van der Waals surface area contributed by atoms with Crippen LogP contribution >= 0.6 is 0 Å². The Balaban J connectivity index is 1.79. The number of anilines is 2. The van der Waals surface area contributed by atoms with E-state index in [0.717, 1.165) is 17.1 Å². The second-order valence-corrected chi connectivity index (χ2v) is 4.86. The average Bonchev–Trinajstić information content (AvgIpc) is 2.57. The molecule has 1 heterocycles. The van der Waals surface area contributed by atoms with E-state index in [2.05, 4.69) is 5.32 Å². The van der Waals surface area contributed by atoms with E-state index in [4.69, 9.17) is 19.9 Å². The van der Waals surface area contributed by atoms with Gasteiger partial charge in [0.15, 0.2) is 0 Å². The number of nitrogen functional groups attached to an aromatic ring is 1. The fourth-order valence-electron chi connectivity index (χ4n) is 1.88. The van der Waals surface area contributed by atoms with Crippen LogP contribution in [0.25, 0.3) is 0 Å². The number of benzene rings is 1. The zero-order valence-electron chi connectivity index (χ0n) is 11.5. The van der Waals surface area contributed by atoms with E-state index in [0.29, 0.717) is 26.4 Å². The van der Waals surface area contributed by atoms with E-state index in [1.54, 1.807) is 0 Å². The first-order valence-electron chi connectivity index (χ1n) is 6.64. The topological polar surface area (TPSA) is 65.7 Å². The van der Waals surface area contributed by atoms with Crippen LogP contribution in [-0.2, 0) is 9.47 Å². The van der Waals surface area contributed by atoms with Crippen molar-refractivity contribution in [3.8, 4) is 5.75 Å². The van der Waals surface area contributed by atoms with Crippen molar-refractivity contribution in [1.82, 2.24) is 0 Å². The van der Waals surface area contributed by atoms with Crippen LogP contribution in [0.1, 0.15) is 13.8 Å². The first-order chi connectivity index (χ1) is 9.15. The lowest BCUT2D eigenvalue weighted by Gasteiger charge is -2.16. The zero-order chi connectivity index (χ0) is 13.7. The van der Waals surface area contributed by atoms with E-state index in [-0.39, 0.29) is 12.2 Å². The van der Waals surface area contributed by atoms with Gasteiger partial charge in [-0.15, -0.1) is 0 Å². The molecule has 1 atom stereocenters. The Morgan fingerprint density at radius 1 is 1.42 bits per heavy atom. The minimum absolute atomic E-state index is 0.0180. The van der Waals surface area contributed by atoms with Gasteiger partial charge in [0.2, 0.25) is 0 Å². The van der Waals surface area contributed by atoms with Gasteiger partial charge in [0.25, 0.3) is 0 Å². The van der Waals surface area contributed by atoms with Gasteiger partial charge in [-0.3, -0.25) is 0 Å². The molecule has 0 amide bonds. The molecule has 106 valence electrons. The second-order valence-electron chi connectivity index (χ2n) is 4.86. The molecule has 0 aliphatic carbocycles. The molecule has 1 unspecified atom stereocenters. The molecule has 0 radical (unpaired) electrons. The minimum Gasteiger partial charge on any atom is -0.489 e. The fourth-order valence-corrected chi connectivity index (χ4v) is 1.88. The highest BCUT2D eigenvalue weighted by molar-refractivity contribution is 5.63. The highest BCUT2D eigenvalue weighted by Gasteiger charge is 2.17. The van der Waals surface area contributed by atoms with Crippen LogP contribution in [0.2, 0.25) is 0 Å². The van der Waals surface area contributed by atoms with Gasteiger partial charge in [-0.2, -0.15) is 0 Å². The number of nitrogens with one attached hydrogen (secondary N) is 1. The van der Waals surface area contributed by atoms with Crippen LogP contribution < -0.4 is 15.8 Å². The van der Waals surface area contributed by atoms with Gasteiger partial charge in [-0.25, -0.2) is 0 Å². The lowest BCUT2D eigenvalue weighted by Crippen LogP contribution is -2.29. The third kappa shape index (κ3) is 4.29. The smallest absolute Gasteiger partial charge is 0.142 e. The molecule has 1 aromatic carbocycles. The molecule has 3 N–H and O–H groups in total. The summed E-state index contributed by atoms with van der Waals surface area (Å²) in [5, 5.41) is 3.29. The van der Waals surface area contributed by atoms with Crippen molar-refractivity contribution in [2.24, 2.45) is 0 Å². The van der Waals surface area contributed by atoms with Crippen molar-refractivity contribution in [3.63, 3.8) is 0 Å². The van der Waals surface area contributed by atoms with Crippen LogP contribution in [0.5, 0.6) is 5.75 Å². The van der Waals surface area contributed by atoms with Crippen molar-refractivity contribution in [1.29, 1.82) is 0 Å². The van der Waals surface area contributed by atoms with E-state index in [9.17, 15) is 0 Å². The molecule has 5 nitrogen and oxygen atoms in total. The van der Waals surface area contributed by atoms with Crippen LogP contribution in [0.15, 0.2) is 18.2 Å². The molecule has 0 fully saturated rings. The van der Waals surface area contributed by atoms with Crippen LogP contribution in [-0.4, -0.2) is 38.6 Å². The predicted octanol–water partition coefficient (Wildman–Crippen LogP) is 1.88. The lowest BCUT2D eigenvalue weighted by molar-refractivity contribution is -0.0207. The Morgan fingerprint density at radius 2 is 2.26 bits per heavy atom. The van der Waals surface area contributed by atoms with Gasteiger partial charge in [0, 0.05) is 12.2 Å². The van der Waals surface area contributed by atoms with Crippen LogP contribution in [0, 0.1) is 0 Å². The third-order valence-electron chi connectivity index (χ3n) is 2.84. The predicted molar refractivity (Wildman–Crippen MR) is 75.7 cm³/mol. The molecular formula is C14H22N2O3. The zero-order valence-corrected chi connectivity index (χ0v) is 11.5. The Morgan fingerprint density at radius 3 is 3.05 bits per heavy atom. The lowest BCUT2D eigenvalue weighted by atomic mass is 10.2. The van der Waals surface area contributed by atoms with E-state index in [1.165, 1.54) is 0 Å². The normalized spacial score (nSPS) is 18.4.